The van der Waals surface area contributed by atoms with E-state index in [1.165, 1.54) is 11.7 Å². The fraction of sp³-hybridized carbons (Fsp3) is 0.750. The second kappa shape index (κ2) is 6.55. The highest BCUT2D eigenvalue weighted by molar-refractivity contribution is 7.93. The summed E-state index contributed by atoms with van der Waals surface area (Å²) in [7, 11) is -3.86. The third-order valence-electron chi connectivity index (χ3n) is 3.54. The van der Waals surface area contributed by atoms with Crippen molar-refractivity contribution in [3.05, 3.63) is 12.3 Å². The van der Waals surface area contributed by atoms with Gasteiger partial charge in [0.15, 0.2) is 5.82 Å². The maximum atomic E-state index is 12.2. The van der Waals surface area contributed by atoms with E-state index < -0.39 is 20.0 Å². The Bertz CT molecular complexity index is 707. The van der Waals surface area contributed by atoms with Crippen LogP contribution in [0.1, 0.15) is 19.3 Å². The van der Waals surface area contributed by atoms with Gasteiger partial charge in [0.25, 0.3) is 0 Å². The molecule has 126 valence electrons. The topological polar surface area (TPSA) is 101 Å². The Kier molecular flexibility index (Phi) is 5.13. The SMILES string of the molecule is CN(c1ccn(C)n1)S(=O)(=O)CCCS(=O)(=O)NCC1CC1. The summed E-state index contributed by atoms with van der Waals surface area (Å²) in [5.74, 6) is 0.352. The molecule has 1 heterocycles. The summed E-state index contributed by atoms with van der Waals surface area (Å²) in [5, 5.41) is 4.02. The standard InChI is InChI=1S/C12H22N4O4S2/c1-15-7-6-12(14-15)16(2)22(19,20)9-3-8-21(17,18)13-10-11-4-5-11/h6-7,11,13H,3-5,8-10H2,1-2H3. The number of aryl methyl sites for hydroxylation is 1. The molecule has 22 heavy (non-hydrogen) atoms. The molecule has 0 spiro atoms. The van der Waals surface area contributed by atoms with Gasteiger partial charge in [0.05, 0.1) is 11.5 Å². The Morgan fingerprint density at radius 1 is 1.32 bits per heavy atom. The lowest BCUT2D eigenvalue weighted by molar-refractivity contribution is 0.575. The molecular weight excluding hydrogens is 328 g/mol. The predicted molar refractivity (Wildman–Crippen MR) is 84.5 cm³/mol. The van der Waals surface area contributed by atoms with Gasteiger partial charge in [-0.3, -0.25) is 8.99 Å². The first kappa shape index (κ1) is 17.2. The number of sulfonamides is 2. The molecule has 1 aliphatic rings. The molecule has 0 bridgehead atoms. The highest BCUT2D eigenvalue weighted by atomic mass is 32.2. The molecule has 8 nitrogen and oxygen atoms in total. The third kappa shape index (κ3) is 4.96. The van der Waals surface area contributed by atoms with E-state index in [-0.39, 0.29) is 17.9 Å². The fourth-order valence-electron chi connectivity index (χ4n) is 1.92. The number of hydrogen-bond acceptors (Lipinski definition) is 5. The zero-order valence-corrected chi connectivity index (χ0v) is 14.4. The molecule has 0 saturated heterocycles. The van der Waals surface area contributed by atoms with Crippen molar-refractivity contribution < 1.29 is 16.8 Å². The lowest BCUT2D eigenvalue weighted by Crippen LogP contribution is -2.32. The van der Waals surface area contributed by atoms with Crippen LogP contribution >= 0.6 is 0 Å². The third-order valence-corrected chi connectivity index (χ3v) is 6.80. The Balaban J connectivity index is 1.83. The fourth-order valence-corrected chi connectivity index (χ4v) is 4.43. The molecule has 2 rings (SSSR count). The average Bonchev–Trinajstić information content (AvgIpc) is 3.16. The molecule has 1 N–H and O–H groups in total. The van der Waals surface area contributed by atoms with E-state index in [1.807, 2.05) is 0 Å². The molecule has 1 aromatic heterocycles. The largest absolute Gasteiger partial charge is 0.274 e. The lowest BCUT2D eigenvalue weighted by Gasteiger charge is -2.16. The molecular formula is C12H22N4O4S2. The smallest absolute Gasteiger partial charge is 0.236 e. The van der Waals surface area contributed by atoms with Crippen molar-refractivity contribution in [3.8, 4) is 0 Å². The lowest BCUT2D eigenvalue weighted by atomic mass is 10.4. The Morgan fingerprint density at radius 3 is 2.55 bits per heavy atom. The minimum absolute atomic E-state index is 0.0551. The normalized spacial score (nSPS) is 15.9. The van der Waals surface area contributed by atoms with Crippen molar-refractivity contribution in [2.45, 2.75) is 19.3 Å². The van der Waals surface area contributed by atoms with Crippen LogP contribution in [0.15, 0.2) is 12.3 Å². The summed E-state index contributed by atoms with van der Waals surface area (Å²) in [6.07, 6.45) is 3.82. The molecule has 0 aromatic carbocycles. The highest BCUT2D eigenvalue weighted by Gasteiger charge is 2.24. The van der Waals surface area contributed by atoms with Crippen LogP contribution in [0.2, 0.25) is 0 Å². The minimum atomic E-state index is -3.58. The van der Waals surface area contributed by atoms with Crippen LogP contribution in [0.25, 0.3) is 0 Å². The van der Waals surface area contributed by atoms with Gasteiger partial charge in [-0.2, -0.15) is 5.10 Å². The van der Waals surface area contributed by atoms with Crippen LogP contribution in [-0.2, 0) is 27.1 Å². The quantitative estimate of drug-likeness (QED) is 0.670. The molecule has 1 aromatic rings. The molecule has 0 radical (unpaired) electrons. The number of rotatable bonds is 9. The van der Waals surface area contributed by atoms with Crippen LogP contribution in [0.3, 0.4) is 0 Å². The monoisotopic (exact) mass is 350 g/mol. The number of nitrogens with zero attached hydrogens (tertiary/aromatic N) is 3. The summed E-state index contributed by atoms with van der Waals surface area (Å²) >= 11 is 0. The number of anilines is 1. The van der Waals surface area contributed by atoms with Crippen molar-refractivity contribution in [1.82, 2.24) is 14.5 Å². The van der Waals surface area contributed by atoms with Crippen LogP contribution in [0.4, 0.5) is 5.82 Å². The zero-order chi connectivity index (χ0) is 16.4. The van der Waals surface area contributed by atoms with Crippen LogP contribution in [-0.4, -0.2) is 51.7 Å². The first-order valence-electron chi connectivity index (χ1n) is 7.13. The van der Waals surface area contributed by atoms with Gasteiger partial charge in [0, 0.05) is 32.9 Å². The van der Waals surface area contributed by atoms with Gasteiger partial charge in [-0.15, -0.1) is 0 Å². The van der Waals surface area contributed by atoms with Crippen molar-refractivity contribution in [2.75, 3.05) is 29.4 Å². The van der Waals surface area contributed by atoms with E-state index in [2.05, 4.69) is 9.82 Å². The number of nitrogens with one attached hydrogen (secondary N) is 1. The van der Waals surface area contributed by atoms with E-state index in [1.54, 1.807) is 19.3 Å². The van der Waals surface area contributed by atoms with Crippen molar-refractivity contribution in [1.29, 1.82) is 0 Å². The first-order valence-corrected chi connectivity index (χ1v) is 10.4. The van der Waals surface area contributed by atoms with Gasteiger partial charge < -0.3 is 0 Å². The molecule has 1 aliphatic carbocycles. The second-order valence-corrected chi connectivity index (χ2v) is 9.64. The van der Waals surface area contributed by atoms with Crippen LogP contribution < -0.4 is 9.03 Å². The van der Waals surface area contributed by atoms with E-state index >= 15 is 0 Å². The minimum Gasteiger partial charge on any atom is -0.274 e. The Hall–Kier alpha value is -1.13. The van der Waals surface area contributed by atoms with Crippen molar-refractivity contribution >= 4 is 25.9 Å². The van der Waals surface area contributed by atoms with Crippen molar-refractivity contribution in [3.63, 3.8) is 0 Å². The molecule has 0 atom stereocenters. The summed E-state index contributed by atoms with van der Waals surface area (Å²) in [4.78, 5) is 0. The summed E-state index contributed by atoms with van der Waals surface area (Å²) in [6.45, 7) is 0.461. The molecule has 0 aliphatic heterocycles. The molecule has 10 heteroatoms. The molecule has 1 fully saturated rings. The number of hydrogen-bond donors (Lipinski definition) is 1. The number of aromatic nitrogens is 2. The van der Waals surface area contributed by atoms with E-state index in [0.717, 1.165) is 17.1 Å². The highest BCUT2D eigenvalue weighted by Crippen LogP contribution is 2.27. The summed E-state index contributed by atoms with van der Waals surface area (Å²) in [6, 6.07) is 1.59. The van der Waals surface area contributed by atoms with Crippen LogP contribution in [0, 0.1) is 5.92 Å². The van der Waals surface area contributed by atoms with Crippen LogP contribution in [0.5, 0.6) is 0 Å². The maximum Gasteiger partial charge on any atom is 0.236 e. The van der Waals surface area contributed by atoms with Gasteiger partial charge in [-0.05, 0) is 25.2 Å². The van der Waals surface area contributed by atoms with Gasteiger partial charge in [-0.1, -0.05) is 0 Å². The first-order chi connectivity index (χ1) is 10.2. The molecule has 1 saturated carbocycles. The van der Waals surface area contributed by atoms with Gasteiger partial charge in [-0.25, -0.2) is 21.6 Å². The Morgan fingerprint density at radius 2 is 2.00 bits per heavy atom. The second-order valence-electron chi connectivity index (χ2n) is 5.60. The van der Waals surface area contributed by atoms with E-state index in [0.29, 0.717) is 18.3 Å². The maximum absolute atomic E-state index is 12.2. The zero-order valence-electron chi connectivity index (χ0n) is 12.8. The average molecular weight is 350 g/mol. The van der Waals surface area contributed by atoms with Crippen molar-refractivity contribution in [2.24, 2.45) is 13.0 Å². The Labute approximate surface area is 131 Å². The van der Waals surface area contributed by atoms with Gasteiger partial charge in [0.1, 0.15) is 0 Å². The summed E-state index contributed by atoms with van der Waals surface area (Å²) in [5.41, 5.74) is 0. The van der Waals surface area contributed by atoms with Gasteiger partial charge >= 0.3 is 0 Å². The van der Waals surface area contributed by atoms with E-state index in [4.69, 9.17) is 0 Å². The molecule has 0 amide bonds. The van der Waals surface area contributed by atoms with E-state index in [9.17, 15) is 16.8 Å². The summed E-state index contributed by atoms with van der Waals surface area (Å²) < 4.78 is 52.9. The predicted octanol–water partition coefficient (Wildman–Crippen LogP) is -0.0944. The molecule has 0 unspecified atom stereocenters. The van der Waals surface area contributed by atoms with Gasteiger partial charge in [0.2, 0.25) is 20.0 Å².